The number of hydrogen-bond acceptors (Lipinski definition) is 4. The van der Waals surface area contributed by atoms with E-state index in [1.807, 2.05) is 79.7 Å². The third-order valence-electron chi connectivity index (χ3n) is 4.54. The summed E-state index contributed by atoms with van der Waals surface area (Å²) in [6, 6.07) is 23.3. The van der Waals surface area contributed by atoms with E-state index in [2.05, 4.69) is 4.98 Å². The van der Waals surface area contributed by atoms with Gasteiger partial charge in [0.1, 0.15) is 5.71 Å². The number of carbonyl (C=O) groups is 1. The molecule has 4 nitrogen and oxygen atoms in total. The van der Waals surface area contributed by atoms with Crippen molar-refractivity contribution in [3.8, 4) is 0 Å². The maximum atomic E-state index is 13.2. The van der Waals surface area contributed by atoms with Crippen molar-refractivity contribution in [2.45, 2.75) is 6.92 Å². The second-order valence-electron chi connectivity index (χ2n) is 6.34. The van der Waals surface area contributed by atoms with Crippen molar-refractivity contribution < 1.29 is 4.79 Å². The molecule has 1 amide bonds. The molecule has 3 aromatic carbocycles. The average Bonchev–Trinajstić information content (AvgIpc) is 3.19. The maximum absolute atomic E-state index is 13.2. The third kappa shape index (κ3) is 2.64. The van der Waals surface area contributed by atoms with Gasteiger partial charge in [-0.25, -0.2) is 9.98 Å². The van der Waals surface area contributed by atoms with Gasteiger partial charge in [0.2, 0.25) is 0 Å². The Labute approximate surface area is 160 Å². The summed E-state index contributed by atoms with van der Waals surface area (Å²) in [7, 11) is 0. The predicted molar refractivity (Wildman–Crippen MR) is 111 cm³/mol. The largest absolute Gasteiger partial charge is 0.282 e. The minimum absolute atomic E-state index is 0.114. The van der Waals surface area contributed by atoms with Gasteiger partial charge >= 0.3 is 0 Å². The molecule has 0 fully saturated rings. The highest BCUT2D eigenvalue weighted by atomic mass is 32.1. The standard InChI is InChI=1S/C22H15N3OS/c1-14-23-18-13-15(11-12-20(18)27-14)24-21-17-9-5-6-10-19(17)25(22(21)26)16-7-3-2-4-8-16/h2-13H,1H3/b24-21+. The zero-order valence-electron chi connectivity index (χ0n) is 14.6. The molecule has 5 heteroatoms. The lowest BCUT2D eigenvalue weighted by Crippen LogP contribution is -2.25. The fourth-order valence-corrected chi connectivity index (χ4v) is 4.18. The van der Waals surface area contributed by atoms with Gasteiger partial charge in [-0.3, -0.25) is 9.69 Å². The van der Waals surface area contributed by atoms with Crippen LogP contribution in [0.1, 0.15) is 10.6 Å². The van der Waals surface area contributed by atoms with Crippen LogP contribution in [0.25, 0.3) is 10.2 Å². The molecule has 1 aliphatic heterocycles. The van der Waals surface area contributed by atoms with Gasteiger partial charge in [0.25, 0.3) is 5.91 Å². The molecule has 0 atom stereocenters. The SMILES string of the molecule is Cc1nc2cc(/N=C3/C(=O)N(c4ccccc4)c4ccccc43)ccc2s1. The van der Waals surface area contributed by atoms with Crippen LogP contribution in [0.15, 0.2) is 77.8 Å². The molecular formula is C22H15N3OS. The van der Waals surface area contributed by atoms with Crippen LogP contribution >= 0.6 is 11.3 Å². The van der Waals surface area contributed by atoms with Crippen LogP contribution in [-0.2, 0) is 4.79 Å². The quantitative estimate of drug-likeness (QED) is 0.475. The van der Waals surface area contributed by atoms with E-state index in [1.54, 1.807) is 16.2 Å². The highest BCUT2D eigenvalue weighted by Gasteiger charge is 2.34. The molecule has 0 aliphatic carbocycles. The van der Waals surface area contributed by atoms with E-state index in [-0.39, 0.29) is 5.91 Å². The molecule has 0 saturated carbocycles. The van der Waals surface area contributed by atoms with Crippen LogP contribution < -0.4 is 4.90 Å². The van der Waals surface area contributed by atoms with Crippen LogP contribution in [0.4, 0.5) is 17.1 Å². The van der Waals surface area contributed by atoms with Gasteiger partial charge in [0.15, 0.2) is 0 Å². The van der Waals surface area contributed by atoms with Gasteiger partial charge in [0, 0.05) is 11.3 Å². The molecule has 0 unspecified atom stereocenters. The van der Waals surface area contributed by atoms with Gasteiger partial charge < -0.3 is 0 Å². The minimum Gasteiger partial charge on any atom is -0.275 e. The molecule has 0 radical (unpaired) electrons. The first-order valence-electron chi connectivity index (χ1n) is 8.65. The molecule has 130 valence electrons. The lowest BCUT2D eigenvalue weighted by atomic mass is 10.1. The lowest BCUT2D eigenvalue weighted by Gasteiger charge is -2.16. The number of amides is 1. The summed E-state index contributed by atoms with van der Waals surface area (Å²) >= 11 is 1.66. The molecule has 0 saturated heterocycles. The van der Waals surface area contributed by atoms with Crippen LogP contribution in [0.3, 0.4) is 0 Å². The monoisotopic (exact) mass is 369 g/mol. The van der Waals surface area contributed by atoms with Gasteiger partial charge in [-0.2, -0.15) is 0 Å². The Morgan fingerprint density at radius 1 is 0.963 bits per heavy atom. The van der Waals surface area contributed by atoms with Gasteiger partial charge in [-0.15, -0.1) is 11.3 Å². The number of nitrogens with zero attached hydrogens (tertiary/aromatic N) is 3. The zero-order chi connectivity index (χ0) is 18.4. The molecule has 0 spiro atoms. The summed E-state index contributed by atoms with van der Waals surface area (Å²) < 4.78 is 1.13. The second kappa shape index (κ2) is 6.14. The average molecular weight is 369 g/mol. The van der Waals surface area contributed by atoms with Crippen molar-refractivity contribution in [2.24, 2.45) is 4.99 Å². The second-order valence-corrected chi connectivity index (χ2v) is 7.57. The van der Waals surface area contributed by atoms with Crippen molar-refractivity contribution in [1.82, 2.24) is 4.98 Å². The summed E-state index contributed by atoms with van der Waals surface area (Å²) in [5, 5.41) is 1.02. The Bertz CT molecular complexity index is 1210. The molecule has 0 N–H and O–H groups in total. The number of carbonyl (C=O) groups excluding carboxylic acids is 1. The van der Waals surface area contributed by atoms with Gasteiger partial charge in [-0.1, -0.05) is 36.4 Å². The number of para-hydroxylation sites is 2. The first-order chi connectivity index (χ1) is 13.2. The van der Waals surface area contributed by atoms with Crippen LogP contribution in [0.2, 0.25) is 0 Å². The number of benzene rings is 3. The fraction of sp³-hybridized carbons (Fsp3) is 0.0455. The van der Waals surface area contributed by atoms with Crippen molar-refractivity contribution in [1.29, 1.82) is 0 Å². The van der Waals surface area contributed by atoms with Crippen molar-refractivity contribution in [3.05, 3.63) is 83.4 Å². The van der Waals surface area contributed by atoms with Gasteiger partial charge in [0.05, 0.1) is 26.6 Å². The Morgan fingerprint density at radius 2 is 1.74 bits per heavy atom. The number of aryl methyl sites for hydroxylation is 1. The Hall–Kier alpha value is -3.31. The van der Waals surface area contributed by atoms with E-state index in [9.17, 15) is 4.79 Å². The summed E-state index contributed by atoms with van der Waals surface area (Å²) in [5.41, 5.74) is 4.66. The molecule has 4 aromatic rings. The number of fused-ring (bicyclic) bond motifs is 2. The van der Waals surface area contributed by atoms with E-state index < -0.39 is 0 Å². The first kappa shape index (κ1) is 15.9. The van der Waals surface area contributed by atoms with E-state index in [1.165, 1.54) is 0 Å². The smallest absolute Gasteiger partial charge is 0.275 e. The topological polar surface area (TPSA) is 45.6 Å². The fourth-order valence-electron chi connectivity index (χ4n) is 3.37. The van der Waals surface area contributed by atoms with Crippen LogP contribution in [0, 0.1) is 6.92 Å². The Balaban J connectivity index is 1.65. The summed E-state index contributed by atoms with van der Waals surface area (Å²) in [6.45, 7) is 1.99. The van der Waals surface area contributed by atoms with Crippen molar-refractivity contribution in [2.75, 3.05) is 4.90 Å². The molecule has 0 bridgehead atoms. The van der Waals surface area contributed by atoms with Crippen LogP contribution in [0.5, 0.6) is 0 Å². The number of thiazole rings is 1. The Morgan fingerprint density at radius 3 is 2.59 bits per heavy atom. The van der Waals surface area contributed by atoms with Crippen molar-refractivity contribution >= 4 is 50.2 Å². The summed E-state index contributed by atoms with van der Waals surface area (Å²) in [6.07, 6.45) is 0. The van der Waals surface area contributed by atoms with E-state index in [0.717, 1.165) is 37.8 Å². The maximum Gasteiger partial charge on any atom is 0.282 e. The molecule has 27 heavy (non-hydrogen) atoms. The summed E-state index contributed by atoms with van der Waals surface area (Å²) in [5.74, 6) is -0.114. The highest BCUT2D eigenvalue weighted by molar-refractivity contribution is 7.18. The highest BCUT2D eigenvalue weighted by Crippen LogP contribution is 2.36. The molecule has 1 aromatic heterocycles. The molecule has 5 rings (SSSR count). The van der Waals surface area contributed by atoms with Gasteiger partial charge in [-0.05, 0) is 43.3 Å². The summed E-state index contributed by atoms with van der Waals surface area (Å²) in [4.78, 5) is 24.2. The number of rotatable bonds is 2. The molecule has 1 aliphatic rings. The number of hydrogen-bond donors (Lipinski definition) is 0. The normalized spacial score (nSPS) is 14.9. The minimum atomic E-state index is -0.114. The first-order valence-corrected chi connectivity index (χ1v) is 9.47. The van der Waals surface area contributed by atoms with Crippen LogP contribution in [-0.4, -0.2) is 16.6 Å². The number of anilines is 2. The van der Waals surface area contributed by atoms with E-state index in [4.69, 9.17) is 4.99 Å². The third-order valence-corrected chi connectivity index (χ3v) is 5.49. The predicted octanol–water partition coefficient (Wildman–Crippen LogP) is 5.40. The van der Waals surface area contributed by atoms with E-state index >= 15 is 0 Å². The molecular weight excluding hydrogens is 354 g/mol. The molecule has 2 heterocycles. The van der Waals surface area contributed by atoms with E-state index in [0.29, 0.717) is 5.71 Å². The van der Waals surface area contributed by atoms with Crippen molar-refractivity contribution in [3.63, 3.8) is 0 Å². The zero-order valence-corrected chi connectivity index (χ0v) is 15.4. The lowest BCUT2D eigenvalue weighted by molar-refractivity contribution is -0.111. The number of aromatic nitrogens is 1. The number of aliphatic imine (C=N–C) groups is 1. The Kier molecular flexibility index (Phi) is 3.62.